The number of ether oxygens (including phenoxy) is 6. The number of alkyl carbamates (subject to hydrolysis) is 2. The molecule has 2 aromatic heterocycles. The zero-order valence-corrected chi connectivity index (χ0v) is 68.2. The molecule has 6 amide bonds. The summed E-state index contributed by atoms with van der Waals surface area (Å²) in [4.78, 5) is 126. The fourth-order valence-corrected chi connectivity index (χ4v) is 18.4. The Morgan fingerprint density at radius 2 is 0.949 bits per heavy atom. The molecule has 14 atom stereocenters. The summed E-state index contributed by atoms with van der Waals surface area (Å²) in [6.45, 7) is 12.0. The summed E-state index contributed by atoms with van der Waals surface area (Å²) >= 11 is 0. The number of sulfonamides is 2. The van der Waals surface area contributed by atoms with Crippen LogP contribution >= 0.6 is 12.4 Å². The van der Waals surface area contributed by atoms with Gasteiger partial charge < -0.3 is 59.7 Å². The minimum Gasteiger partial charge on any atom is -0.480 e. The van der Waals surface area contributed by atoms with Gasteiger partial charge in [-0.05, 0) is 138 Å². The average Bonchev–Trinajstić information content (AvgIpc) is 1.55. The number of rotatable bonds is 12. The summed E-state index contributed by atoms with van der Waals surface area (Å²) < 4.78 is 204. The molecule has 118 heavy (non-hydrogen) atoms. The first kappa shape index (κ1) is 90.0. The number of carbonyl (C=O) groups excluding carboxylic acids is 7. The van der Waals surface area contributed by atoms with E-state index in [0.29, 0.717) is 81.9 Å². The van der Waals surface area contributed by atoms with Crippen LogP contribution in [0.5, 0.6) is 11.8 Å². The number of aromatic nitrogens is 4. The van der Waals surface area contributed by atoms with E-state index in [9.17, 15) is 77.9 Å². The second-order valence-electron chi connectivity index (χ2n) is 34.5. The number of nitrogens with zero attached hydrogens (tertiary/aromatic N) is 6. The lowest BCUT2D eigenvalue weighted by atomic mass is 9.85. The van der Waals surface area contributed by atoms with Crippen LogP contribution in [0.1, 0.15) is 163 Å². The van der Waals surface area contributed by atoms with Gasteiger partial charge in [-0.15, -0.1) is 12.4 Å². The molecule has 2 saturated heterocycles. The first-order valence-electron chi connectivity index (χ1n) is 38.6. The van der Waals surface area contributed by atoms with Crippen molar-refractivity contribution in [1.29, 1.82) is 0 Å². The van der Waals surface area contributed by atoms with E-state index in [1.165, 1.54) is 32.1 Å². The summed E-state index contributed by atoms with van der Waals surface area (Å²) in [5.41, 5.74) is -4.08. The Morgan fingerprint density at radius 1 is 0.568 bits per heavy atom. The van der Waals surface area contributed by atoms with Crippen molar-refractivity contribution in [1.82, 2.24) is 49.8 Å². The van der Waals surface area contributed by atoms with Crippen molar-refractivity contribution in [2.24, 2.45) is 33.8 Å². The molecule has 648 valence electrons. The highest BCUT2D eigenvalue weighted by Crippen LogP contribution is 2.59. The molecule has 10 aliphatic rings. The normalized spacial score (nSPS) is 31.6. The highest BCUT2D eigenvalue weighted by molar-refractivity contribution is 7.91. The van der Waals surface area contributed by atoms with Crippen molar-refractivity contribution in [3.8, 4) is 11.8 Å². The lowest BCUT2D eigenvalue weighted by Gasteiger charge is -2.36. The zero-order valence-electron chi connectivity index (χ0n) is 65.8. The maximum Gasteiger partial charge on any atom is 0.408 e. The lowest BCUT2D eigenvalue weighted by Crippen LogP contribution is -2.57. The average molecular weight is 1730 g/mol. The van der Waals surface area contributed by atoms with Crippen molar-refractivity contribution in [3.05, 3.63) is 84.2 Å². The molecule has 0 unspecified atom stereocenters. The van der Waals surface area contributed by atoms with Gasteiger partial charge in [-0.3, -0.25) is 33.4 Å². The fraction of sp³-hybridized carbons (Fsp3) is 0.636. The molecule has 8 fully saturated rings. The third kappa shape index (κ3) is 20.0. The minimum atomic E-state index is -4.17. The van der Waals surface area contributed by atoms with Crippen LogP contribution in [0.25, 0.3) is 22.1 Å². The van der Waals surface area contributed by atoms with Crippen molar-refractivity contribution in [2.45, 2.75) is 252 Å². The van der Waals surface area contributed by atoms with Crippen LogP contribution < -0.4 is 35.3 Å². The third-order valence-corrected chi connectivity index (χ3v) is 26.3. The zero-order chi connectivity index (χ0) is 85.3. The number of allylic oxidation sites excluding steroid dienone is 2. The number of hydrogen-bond donors (Lipinski definition) is 6. The van der Waals surface area contributed by atoms with Crippen LogP contribution in [0.2, 0.25) is 0 Å². The fourth-order valence-electron chi connectivity index (χ4n) is 15.7. The van der Waals surface area contributed by atoms with Gasteiger partial charge in [0.15, 0.2) is 17.2 Å². The molecule has 2 aromatic carbocycles. The van der Waals surface area contributed by atoms with Gasteiger partial charge in [0.25, 0.3) is 5.91 Å². The van der Waals surface area contributed by atoms with E-state index in [1.54, 1.807) is 82.7 Å². The molecule has 6 aliphatic carbocycles. The molecule has 4 aromatic rings. The Balaban J connectivity index is 0.000000198. The Morgan fingerprint density at radius 3 is 1.32 bits per heavy atom. The van der Waals surface area contributed by atoms with Crippen LogP contribution in [-0.4, -0.2) is 214 Å². The number of hydrogen-bond acceptors (Lipinski definition) is 23. The topological polar surface area (TPSA) is 413 Å². The summed E-state index contributed by atoms with van der Waals surface area (Å²) in [6, 6.07) is 7.37. The van der Waals surface area contributed by atoms with Crippen molar-refractivity contribution in [3.63, 3.8) is 0 Å². The van der Waals surface area contributed by atoms with Crippen LogP contribution in [0.3, 0.4) is 0 Å². The molecular formula is C77H96ClF8N11O19S2. The smallest absolute Gasteiger partial charge is 0.408 e. The van der Waals surface area contributed by atoms with Crippen molar-refractivity contribution in [2.75, 3.05) is 26.3 Å². The number of carboxylic acid groups (broad SMARTS) is 1. The van der Waals surface area contributed by atoms with E-state index in [4.69, 9.17) is 34.2 Å². The highest BCUT2D eigenvalue weighted by Gasteiger charge is 2.67. The van der Waals surface area contributed by atoms with E-state index in [-0.39, 0.29) is 68.0 Å². The van der Waals surface area contributed by atoms with Gasteiger partial charge in [0.1, 0.15) is 47.1 Å². The number of ketones is 1. The SMILES string of the molecule is CC(C)(C)[C@@H]1NC(=O)O[C@@H]2CCC[C@H]2OC/C=C/C(F)(F)c2nc3ccccc3nc2O[C@]2(C)C[C@@H](C(=O)C[C@]3(C(=O)NS(=O)(=O)C4CC4)C[C@H]3C(F)F)N(C2)C1=O.CC(C)(C)[C@@H]1NC(=O)O[C@@H]2CCC[C@H]2OC/C=C/C(F)(F)c2nc3ccccc3nc2O[C@]2(C)C[C@@H](C(=O)O)N(C2)C1=O.Cl.N[C@]1(C(=O)NS(=O)(=O)C2CC2)C[C@H]1C(F)F. The van der Waals surface area contributed by atoms with E-state index >= 15 is 17.6 Å². The molecule has 4 aliphatic heterocycles. The van der Waals surface area contributed by atoms with E-state index in [2.05, 4.69) is 30.6 Å². The number of para-hydroxylation sites is 4. The number of fused-ring (bicyclic) bond motifs is 10. The largest absolute Gasteiger partial charge is 0.480 e. The number of nitrogens with one attached hydrogen (secondary N) is 4. The molecular weight excluding hydrogens is 1630 g/mol. The Labute approximate surface area is 680 Å². The van der Waals surface area contributed by atoms with E-state index < -0.39 is 239 Å². The monoisotopic (exact) mass is 1730 g/mol. The van der Waals surface area contributed by atoms with Gasteiger partial charge in [0.05, 0.1) is 82.5 Å². The molecule has 6 saturated carbocycles. The van der Waals surface area contributed by atoms with Gasteiger partial charge in [-0.25, -0.2) is 68.7 Å². The predicted molar refractivity (Wildman–Crippen MR) is 406 cm³/mol. The number of benzene rings is 2. The lowest BCUT2D eigenvalue weighted by molar-refractivity contribution is -0.150. The number of nitrogens with two attached hydrogens (primary N) is 1. The van der Waals surface area contributed by atoms with Gasteiger partial charge in [0.2, 0.25) is 62.4 Å². The Hall–Kier alpha value is -8.73. The molecule has 4 bridgehead atoms. The van der Waals surface area contributed by atoms with Gasteiger partial charge in [0, 0.05) is 31.1 Å². The second kappa shape index (κ2) is 33.7. The number of aliphatic carboxylic acids is 1. The van der Waals surface area contributed by atoms with Crippen LogP contribution in [-0.2, 0) is 79.6 Å². The second-order valence-corrected chi connectivity index (χ2v) is 38.4. The quantitative estimate of drug-likeness (QED) is 0.0568. The number of carboxylic acids is 1. The maximum atomic E-state index is 16.2. The molecule has 41 heteroatoms. The van der Waals surface area contributed by atoms with Crippen molar-refractivity contribution < 1.29 is 124 Å². The number of Topliss-reactive ketones (excluding diaryl/α,β-unsaturated/α-hetero) is 1. The van der Waals surface area contributed by atoms with Crippen molar-refractivity contribution >= 4 is 102 Å². The van der Waals surface area contributed by atoms with E-state index in [0.717, 1.165) is 15.9 Å². The Kier molecular flexibility index (Phi) is 25.7. The molecule has 7 N–H and O–H groups in total. The maximum absolute atomic E-state index is 16.2. The molecule has 0 radical (unpaired) electrons. The molecule has 0 spiro atoms. The first-order valence-corrected chi connectivity index (χ1v) is 41.7. The van der Waals surface area contributed by atoms with Gasteiger partial charge in [-0.2, -0.15) is 17.6 Å². The molecule has 30 nitrogen and oxygen atoms in total. The van der Waals surface area contributed by atoms with Crippen LogP contribution in [0.4, 0.5) is 44.7 Å². The summed E-state index contributed by atoms with van der Waals surface area (Å²) in [6.07, 6.45) is -3.86. The van der Waals surface area contributed by atoms with Gasteiger partial charge in [-0.1, -0.05) is 78.0 Å². The number of alkyl halides is 8. The summed E-state index contributed by atoms with van der Waals surface area (Å²) in [7, 11) is -7.88. The number of amides is 6. The predicted octanol–water partition coefficient (Wildman–Crippen LogP) is 9.14. The summed E-state index contributed by atoms with van der Waals surface area (Å²) in [5, 5.41) is 14.0. The molecule has 6 heterocycles. The third-order valence-electron chi connectivity index (χ3n) is 22.7. The van der Waals surface area contributed by atoms with Gasteiger partial charge >= 0.3 is 30.0 Å². The Bertz CT molecular complexity index is 4850. The number of carbonyl (C=O) groups is 8. The van der Waals surface area contributed by atoms with Crippen LogP contribution in [0.15, 0.2) is 72.8 Å². The summed E-state index contributed by atoms with van der Waals surface area (Å²) in [5.74, 6) is -17.2. The van der Waals surface area contributed by atoms with Crippen LogP contribution in [0, 0.1) is 28.1 Å². The minimum absolute atomic E-state index is 0. The number of halogens is 9. The highest BCUT2D eigenvalue weighted by atomic mass is 35.5. The van der Waals surface area contributed by atoms with E-state index in [1.807, 2.05) is 4.72 Å². The standard InChI is InChI=1S/C39H47F4N5O9S.C30H36F2N4O7.C8H12F2N2O3S.ClH/c1-36(2,3)30-33(50)48-20-37(4,18-25(48)26(49)19-38(17-22(38)31(40)41)34(51)47-58(53,54)21-13-14-21)57-32-29(44-23-9-5-6-10-24(23)45-32)39(42,43)15-8-16-55-27-11-7-12-28(27)56-35(52)46-30;1-28(2,3)23-25(37)36-16-29(4,15-19(36)26(38)39)43-24-22(33-17-9-5-6-10-18(17)34-24)30(31,32)13-8-14-41-20-11-7-12-21(20)42-27(40)35-23;9-6(10)5-3-8(5,11)7(13)12-16(14,15)4-1-2-4;/h5-6,8-10,15,21-22,25,27-28,30-31H,7,11-14,16-20H2,1-4H3,(H,46,52)(H,47,51);5-6,8-10,13,19-21,23H,7,11-12,14-16H2,1-4H3,(H,35,40)(H,38,39);4-6H,1-3,11H2,(H,12,13);1H/b15-8+;13-8+;;/t22-,25-,27+,28+,30+,37+,38+;19-,20+,21+,23+,29+;5-,8+;/m000./s1. The first-order chi connectivity index (χ1) is 54.6. The molecule has 14 rings (SSSR count).